The topological polar surface area (TPSA) is 84.5 Å². The van der Waals surface area contributed by atoms with Crippen molar-refractivity contribution in [3.05, 3.63) is 65.0 Å². The fourth-order valence-corrected chi connectivity index (χ4v) is 3.33. The maximum Gasteiger partial charge on any atom is 0.339 e. The molecule has 0 aliphatic carbocycles. The number of halogens is 1. The Balaban J connectivity index is 1.86. The minimum atomic E-state index is -0.654. The molecule has 0 aliphatic heterocycles. The molecule has 0 aliphatic rings. The quantitative estimate of drug-likeness (QED) is 0.470. The van der Waals surface area contributed by atoms with E-state index in [1.54, 1.807) is 43.3 Å². The molecule has 2 amide bonds. The van der Waals surface area contributed by atoms with Gasteiger partial charge in [-0.25, -0.2) is 9.18 Å². The van der Waals surface area contributed by atoms with Gasteiger partial charge in [-0.15, -0.1) is 11.8 Å². The van der Waals surface area contributed by atoms with E-state index in [-0.39, 0.29) is 35.6 Å². The van der Waals surface area contributed by atoms with Crippen molar-refractivity contribution >= 4 is 29.5 Å². The summed E-state index contributed by atoms with van der Waals surface area (Å²) < 4.78 is 18.6. The molecule has 0 atom stereocenters. The molecule has 0 bridgehead atoms. The van der Waals surface area contributed by atoms with Crippen LogP contribution in [0.4, 0.5) is 4.39 Å². The number of rotatable bonds is 9. The van der Waals surface area contributed by atoms with E-state index in [1.165, 1.54) is 17.8 Å². The Bertz CT molecular complexity index is 918. The number of nitrogens with one attached hydrogen (secondary N) is 2. The monoisotopic (exact) mass is 432 g/mol. The van der Waals surface area contributed by atoms with Gasteiger partial charge in [0.25, 0.3) is 5.91 Å². The summed E-state index contributed by atoms with van der Waals surface area (Å²) >= 11 is 1.22. The lowest BCUT2D eigenvalue weighted by Gasteiger charge is -2.11. The first-order chi connectivity index (χ1) is 14.3. The molecule has 0 saturated carbocycles. The summed E-state index contributed by atoms with van der Waals surface area (Å²) in [7, 11) is 0. The molecule has 6 nitrogen and oxygen atoms in total. The fourth-order valence-electron chi connectivity index (χ4n) is 2.47. The zero-order chi connectivity index (χ0) is 22.1. The van der Waals surface area contributed by atoms with Crippen LogP contribution < -0.4 is 10.6 Å². The van der Waals surface area contributed by atoms with Gasteiger partial charge in [0.2, 0.25) is 5.91 Å². The summed E-state index contributed by atoms with van der Waals surface area (Å²) in [6.45, 7) is 5.07. The van der Waals surface area contributed by atoms with Gasteiger partial charge >= 0.3 is 5.97 Å². The molecule has 2 aromatic carbocycles. The van der Waals surface area contributed by atoms with E-state index in [1.807, 2.05) is 13.8 Å². The van der Waals surface area contributed by atoms with Crippen molar-refractivity contribution < 1.29 is 23.5 Å². The average molecular weight is 433 g/mol. The van der Waals surface area contributed by atoms with Crippen LogP contribution in [0.5, 0.6) is 0 Å². The van der Waals surface area contributed by atoms with E-state index in [4.69, 9.17) is 4.74 Å². The van der Waals surface area contributed by atoms with Crippen LogP contribution >= 0.6 is 11.8 Å². The Morgan fingerprint density at radius 3 is 2.53 bits per heavy atom. The first-order valence-corrected chi connectivity index (χ1v) is 10.4. The highest BCUT2D eigenvalue weighted by Gasteiger charge is 2.16. The normalized spacial score (nSPS) is 10.6. The van der Waals surface area contributed by atoms with Gasteiger partial charge in [0.15, 0.2) is 6.61 Å². The maximum absolute atomic E-state index is 13.5. The van der Waals surface area contributed by atoms with Crippen LogP contribution in [0.15, 0.2) is 47.4 Å². The average Bonchev–Trinajstić information content (AvgIpc) is 2.71. The Morgan fingerprint density at radius 2 is 1.83 bits per heavy atom. The van der Waals surface area contributed by atoms with E-state index in [9.17, 15) is 18.8 Å². The van der Waals surface area contributed by atoms with E-state index in [0.717, 1.165) is 0 Å². The van der Waals surface area contributed by atoms with Crippen molar-refractivity contribution in [2.24, 2.45) is 0 Å². The molecule has 2 aromatic rings. The first kappa shape index (κ1) is 23.4. The van der Waals surface area contributed by atoms with Crippen molar-refractivity contribution in [3.63, 3.8) is 0 Å². The Hall–Kier alpha value is -2.87. The van der Waals surface area contributed by atoms with E-state index in [2.05, 4.69) is 10.6 Å². The minimum Gasteiger partial charge on any atom is -0.452 e. The molecule has 8 heteroatoms. The van der Waals surface area contributed by atoms with Crippen molar-refractivity contribution in [1.29, 1.82) is 0 Å². The molecule has 0 fully saturated rings. The summed E-state index contributed by atoms with van der Waals surface area (Å²) in [4.78, 5) is 36.8. The van der Waals surface area contributed by atoms with Gasteiger partial charge in [-0.1, -0.05) is 24.3 Å². The molecular weight excluding hydrogens is 407 g/mol. The first-order valence-electron chi connectivity index (χ1n) is 9.46. The predicted molar refractivity (Wildman–Crippen MR) is 114 cm³/mol. The SMILES string of the molecule is Cc1ccc(CNC(=O)COC(=O)c2ccccc2SCC(=O)NC(C)C)cc1F. The maximum atomic E-state index is 13.5. The van der Waals surface area contributed by atoms with Gasteiger partial charge in [0.05, 0.1) is 11.3 Å². The Labute approximate surface area is 179 Å². The second-order valence-corrected chi connectivity index (χ2v) is 7.96. The standard InChI is InChI=1S/C22H25FN2O4S/c1-14(2)25-21(27)13-30-19-7-5-4-6-17(19)22(28)29-12-20(26)24-11-16-9-8-15(3)18(23)10-16/h4-10,14H,11-13H2,1-3H3,(H,24,26)(H,25,27). The lowest BCUT2D eigenvalue weighted by molar-refractivity contribution is -0.124. The van der Waals surface area contributed by atoms with Crippen molar-refractivity contribution in [1.82, 2.24) is 10.6 Å². The third kappa shape index (κ3) is 7.51. The number of ether oxygens (including phenoxy) is 1. The Kier molecular flexibility index (Phi) is 8.86. The zero-order valence-electron chi connectivity index (χ0n) is 17.2. The Morgan fingerprint density at radius 1 is 1.10 bits per heavy atom. The number of esters is 1. The van der Waals surface area contributed by atoms with Gasteiger partial charge in [-0.3, -0.25) is 9.59 Å². The number of hydrogen-bond donors (Lipinski definition) is 2. The number of thioether (sulfide) groups is 1. The third-order valence-corrected chi connectivity index (χ3v) is 5.05. The van der Waals surface area contributed by atoms with Gasteiger partial charge < -0.3 is 15.4 Å². The summed E-state index contributed by atoms with van der Waals surface area (Å²) in [5.41, 5.74) is 1.42. The lowest BCUT2D eigenvalue weighted by Crippen LogP contribution is -2.31. The second-order valence-electron chi connectivity index (χ2n) is 6.94. The molecule has 0 radical (unpaired) electrons. The van der Waals surface area contributed by atoms with Crippen LogP contribution in [0.1, 0.15) is 35.3 Å². The largest absolute Gasteiger partial charge is 0.452 e. The number of carbonyl (C=O) groups excluding carboxylic acids is 3. The van der Waals surface area contributed by atoms with Crippen LogP contribution in [0.25, 0.3) is 0 Å². The zero-order valence-corrected chi connectivity index (χ0v) is 18.0. The minimum absolute atomic E-state index is 0.0354. The van der Waals surface area contributed by atoms with Crippen molar-refractivity contribution in [2.75, 3.05) is 12.4 Å². The predicted octanol–water partition coefficient (Wildman–Crippen LogP) is 3.22. The highest BCUT2D eigenvalue weighted by molar-refractivity contribution is 8.00. The van der Waals surface area contributed by atoms with Crippen LogP contribution in [0.2, 0.25) is 0 Å². The number of aryl methyl sites for hydroxylation is 1. The van der Waals surface area contributed by atoms with Gasteiger partial charge in [0, 0.05) is 17.5 Å². The van der Waals surface area contributed by atoms with Crippen molar-refractivity contribution in [2.45, 2.75) is 38.3 Å². The molecule has 2 N–H and O–H groups in total. The number of amides is 2. The van der Waals surface area contributed by atoms with E-state index in [0.29, 0.717) is 16.0 Å². The van der Waals surface area contributed by atoms with Crippen molar-refractivity contribution in [3.8, 4) is 0 Å². The van der Waals surface area contributed by atoms with Crippen LogP contribution in [0, 0.1) is 12.7 Å². The highest BCUT2D eigenvalue weighted by Crippen LogP contribution is 2.23. The molecule has 0 unspecified atom stereocenters. The van der Waals surface area contributed by atoms with Gasteiger partial charge in [-0.2, -0.15) is 0 Å². The van der Waals surface area contributed by atoms with Crippen LogP contribution in [0.3, 0.4) is 0 Å². The summed E-state index contributed by atoms with van der Waals surface area (Å²) in [5, 5.41) is 5.37. The number of benzene rings is 2. The summed E-state index contributed by atoms with van der Waals surface area (Å²) in [6, 6.07) is 11.5. The van der Waals surface area contributed by atoms with Gasteiger partial charge in [-0.05, 0) is 50.1 Å². The fraction of sp³-hybridized carbons (Fsp3) is 0.318. The third-order valence-electron chi connectivity index (χ3n) is 3.98. The summed E-state index contributed by atoms with van der Waals surface area (Å²) in [6.07, 6.45) is 0. The highest BCUT2D eigenvalue weighted by atomic mass is 32.2. The summed E-state index contributed by atoms with van der Waals surface area (Å²) in [5.74, 6) is -1.46. The molecule has 160 valence electrons. The smallest absolute Gasteiger partial charge is 0.339 e. The molecule has 30 heavy (non-hydrogen) atoms. The molecule has 0 aromatic heterocycles. The van der Waals surface area contributed by atoms with E-state index >= 15 is 0 Å². The molecule has 2 rings (SSSR count). The van der Waals surface area contributed by atoms with Gasteiger partial charge in [0.1, 0.15) is 5.82 Å². The van der Waals surface area contributed by atoms with Crippen LogP contribution in [-0.2, 0) is 20.9 Å². The molecule has 0 heterocycles. The lowest BCUT2D eigenvalue weighted by atomic mass is 10.1. The molecule has 0 spiro atoms. The molecular formula is C22H25FN2O4S. The number of carbonyl (C=O) groups is 3. The van der Waals surface area contributed by atoms with E-state index < -0.39 is 18.5 Å². The molecule has 0 saturated heterocycles. The van der Waals surface area contributed by atoms with Crippen LogP contribution in [-0.4, -0.2) is 36.2 Å². The second kappa shape index (κ2) is 11.3. The number of hydrogen-bond acceptors (Lipinski definition) is 5.